The molecule has 1 rings (SSSR count). The second-order valence-electron chi connectivity index (χ2n) is 3.71. The van der Waals surface area contributed by atoms with Gasteiger partial charge in [0.1, 0.15) is 0 Å². The van der Waals surface area contributed by atoms with Gasteiger partial charge in [0, 0.05) is 11.0 Å². The molecule has 1 aromatic rings. The molecule has 0 aromatic heterocycles. The first kappa shape index (κ1) is 16.3. The van der Waals surface area contributed by atoms with Crippen molar-refractivity contribution in [1.82, 2.24) is 0 Å². The van der Waals surface area contributed by atoms with Gasteiger partial charge in [0.2, 0.25) is 10.0 Å². The number of halogens is 2. The predicted octanol–water partition coefficient (Wildman–Crippen LogP) is 2.73. The minimum absolute atomic E-state index is 0.126. The molecule has 0 unspecified atom stereocenters. The van der Waals surface area contributed by atoms with E-state index < -0.39 is 16.0 Å². The van der Waals surface area contributed by atoms with Crippen LogP contribution in [0, 0.1) is 0 Å². The van der Waals surface area contributed by atoms with Crippen LogP contribution in [-0.2, 0) is 14.8 Å². The summed E-state index contributed by atoms with van der Waals surface area (Å²) in [5.74, 6) is -1.19. The summed E-state index contributed by atoms with van der Waals surface area (Å²) in [5.41, 5.74) is 0.285. The van der Waals surface area contributed by atoms with E-state index in [-0.39, 0.29) is 29.4 Å². The highest BCUT2D eigenvalue weighted by Gasteiger charge is 2.23. The Hall–Kier alpha value is -0.790. The molecule has 0 saturated carbocycles. The van der Waals surface area contributed by atoms with Crippen LogP contribution < -0.4 is 4.31 Å². The van der Waals surface area contributed by atoms with Gasteiger partial charge in [0.25, 0.3) is 0 Å². The molecular formula is C11H13BrClNO4S. The fraction of sp³-hybridized carbons (Fsp3) is 0.364. The van der Waals surface area contributed by atoms with Gasteiger partial charge in [-0.2, -0.15) is 0 Å². The molecule has 0 aliphatic carbocycles. The van der Waals surface area contributed by atoms with Crippen molar-refractivity contribution in [1.29, 1.82) is 0 Å². The van der Waals surface area contributed by atoms with Crippen LogP contribution in [-0.4, -0.2) is 31.8 Å². The van der Waals surface area contributed by atoms with Gasteiger partial charge in [-0.25, -0.2) is 8.42 Å². The zero-order valence-corrected chi connectivity index (χ0v) is 13.3. The van der Waals surface area contributed by atoms with Crippen molar-refractivity contribution in [3.05, 3.63) is 27.7 Å². The first-order valence-corrected chi connectivity index (χ1v) is 8.23. The summed E-state index contributed by atoms with van der Waals surface area (Å²) >= 11 is 9.25. The summed E-state index contributed by atoms with van der Waals surface area (Å²) in [6, 6.07) is 4.76. The van der Waals surface area contributed by atoms with E-state index in [9.17, 15) is 13.2 Å². The first-order chi connectivity index (χ1) is 8.77. The summed E-state index contributed by atoms with van der Waals surface area (Å²) in [5, 5.41) is 8.95. The fourth-order valence-electron chi connectivity index (χ4n) is 1.45. The Balaban J connectivity index is 3.19. The third-order valence-corrected chi connectivity index (χ3v) is 4.98. The predicted molar refractivity (Wildman–Crippen MR) is 78.2 cm³/mol. The molecule has 8 heteroatoms. The van der Waals surface area contributed by atoms with Gasteiger partial charge in [-0.05, 0) is 25.1 Å². The van der Waals surface area contributed by atoms with Gasteiger partial charge < -0.3 is 5.11 Å². The Labute approximate surface area is 125 Å². The van der Waals surface area contributed by atoms with Crippen LogP contribution >= 0.6 is 27.5 Å². The van der Waals surface area contributed by atoms with Crippen molar-refractivity contribution < 1.29 is 18.3 Å². The van der Waals surface area contributed by atoms with Gasteiger partial charge in [-0.15, -0.1) is 0 Å². The number of sulfonamides is 1. The summed E-state index contributed by atoms with van der Waals surface area (Å²) in [6.45, 7) is 1.35. The molecule has 0 radical (unpaired) electrons. The van der Waals surface area contributed by atoms with E-state index in [0.29, 0.717) is 4.47 Å². The van der Waals surface area contributed by atoms with Crippen LogP contribution in [0.3, 0.4) is 0 Å². The van der Waals surface area contributed by atoms with E-state index in [1.165, 1.54) is 6.92 Å². The van der Waals surface area contributed by atoms with Crippen molar-refractivity contribution in [2.24, 2.45) is 0 Å². The van der Waals surface area contributed by atoms with Crippen molar-refractivity contribution in [3.63, 3.8) is 0 Å². The number of hydrogen-bond donors (Lipinski definition) is 1. The largest absolute Gasteiger partial charge is 0.481 e. The number of nitrogens with zero attached hydrogens (tertiary/aromatic N) is 1. The first-order valence-electron chi connectivity index (χ1n) is 5.45. The van der Waals surface area contributed by atoms with E-state index in [0.717, 1.165) is 4.31 Å². The van der Waals surface area contributed by atoms with Gasteiger partial charge in [0.15, 0.2) is 0 Å². The molecule has 0 heterocycles. The van der Waals surface area contributed by atoms with Crippen LogP contribution in [0.25, 0.3) is 0 Å². The Morgan fingerprint density at radius 2 is 2.11 bits per heavy atom. The molecule has 1 aromatic carbocycles. The standard InChI is InChI=1S/C11H13BrClNO4S/c1-2-19(17,18)14(6-5-11(15)16)10-4-3-8(12)7-9(10)13/h3-4,7H,2,5-6H2,1H3,(H,15,16). The van der Waals surface area contributed by atoms with E-state index >= 15 is 0 Å². The fourth-order valence-corrected chi connectivity index (χ4v) is 3.41. The normalized spacial score (nSPS) is 11.3. The van der Waals surface area contributed by atoms with Gasteiger partial charge in [-0.1, -0.05) is 27.5 Å². The number of rotatable bonds is 6. The molecule has 0 bridgehead atoms. The molecular weight excluding hydrogens is 358 g/mol. The maximum Gasteiger partial charge on any atom is 0.305 e. The lowest BCUT2D eigenvalue weighted by Crippen LogP contribution is -2.34. The van der Waals surface area contributed by atoms with Gasteiger partial charge in [0.05, 0.1) is 22.9 Å². The van der Waals surface area contributed by atoms with Crippen molar-refractivity contribution >= 4 is 49.2 Å². The Bertz CT molecular complexity index is 576. The number of carboxylic acids is 1. The minimum atomic E-state index is -3.57. The van der Waals surface area contributed by atoms with E-state index in [1.807, 2.05) is 0 Å². The average molecular weight is 371 g/mol. The SMILES string of the molecule is CCS(=O)(=O)N(CCC(=O)O)c1ccc(Br)cc1Cl. The molecule has 19 heavy (non-hydrogen) atoms. The third-order valence-electron chi connectivity index (χ3n) is 2.41. The maximum absolute atomic E-state index is 12.0. The zero-order chi connectivity index (χ0) is 14.6. The molecule has 5 nitrogen and oxygen atoms in total. The minimum Gasteiger partial charge on any atom is -0.481 e. The molecule has 0 aliphatic heterocycles. The number of hydrogen-bond acceptors (Lipinski definition) is 3. The van der Waals surface area contributed by atoms with E-state index in [2.05, 4.69) is 15.9 Å². The van der Waals surface area contributed by atoms with E-state index in [1.54, 1.807) is 18.2 Å². The molecule has 0 spiro atoms. The zero-order valence-electron chi connectivity index (χ0n) is 10.1. The molecule has 0 aliphatic rings. The van der Waals surface area contributed by atoms with Gasteiger partial charge >= 0.3 is 5.97 Å². The number of carboxylic acid groups (broad SMARTS) is 1. The number of aliphatic carboxylic acids is 1. The molecule has 106 valence electrons. The molecule has 0 amide bonds. The summed E-state index contributed by atoms with van der Waals surface area (Å²) in [4.78, 5) is 10.6. The van der Waals surface area contributed by atoms with Crippen LogP contribution in [0.2, 0.25) is 5.02 Å². The topological polar surface area (TPSA) is 74.7 Å². The average Bonchev–Trinajstić information content (AvgIpc) is 2.31. The lowest BCUT2D eigenvalue weighted by Gasteiger charge is -2.24. The molecule has 0 atom stereocenters. The second kappa shape index (κ2) is 6.58. The number of carbonyl (C=O) groups is 1. The Morgan fingerprint density at radius 1 is 1.47 bits per heavy atom. The Morgan fingerprint density at radius 3 is 2.58 bits per heavy atom. The third kappa shape index (κ3) is 4.36. The van der Waals surface area contributed by atoms with Crippen LogP contribution in [0.1, 0.15) is 13.3 Å². The highest BCUT2D eigenvalue weighted by atomic mass is 79.9. The molecule has 0 fully saturated rings. The second-order valence-corrected chi connectivity index (χ2v) is 7.22. The monoisotopic (exact) mass is 369 g/mol. The molecule has 0 saturated heterocycles. The van der Waals surface area contributed by atoms with Crippen LogP contribution in [0.4, 0.5) is 5.69 Å². The van der Waals surface area contributed by atoms with E-state index in [4.69, 9.17) is 16.7 Å². The summed E-state index contributed by atoms with van der Waals surface area (Å²) in [7, 11) is -3.57. The summed E-state index contributed by atoms with van der Waals surface area (Å²) < 4.78 is 25.8. The Kier molecular flexibility index (Phi) is 5.64. The van der Waals surface area contributed by atoms with Crippen LogP contribution in [0.15, 0.2) is 22.7 Å². The van der Waals surface area contributed by atoms with Crippen molar-refractivity contribution in [2.45, 2.75) is 13.3 Å². The highest BCUT2D eigenvalue weighted by molar-refractivity contribution is 9.10. The molecule has 1 N–H and O–H groups in total. The van der Waals surface area contributed by atoms with Crippen molar-refractivity contribution in [2.75, 3.05) is 16.6 Å². The lowest BCUT2D eigenvalue weighted by atomic mass is 10.3. The van der Waals surface area contributed by atoms with Gasteiger partial charge in [-0.3, -0.25) is 9.10 Å². The quantitative estimate of drug-likeness (QED) is 0.835. The lowest BCUT2D eigenvalue weighted by molar-refractivity contribution is -0.136. The smallest absolute Gasteiger partial charge is 0.305 e. The highest BCUT2D eigenvalue weighted by Crippen LogP contribution is 2.31. The number of benzene rings is 1. The summed E-state index contributed by atoms with van der Waals surface area (Å²) in [6.07, 6.45) is -0.286. The van der Waals surface area contributed by atoms with Crippen molar-refractivity contribution in [3.8, 4) is 0 Å². The maximum atomic E-state index is 12.0. The number of anilines is 1. The van der Waals surface area contributed by atoms with Crippen LogP contribution in [0.5, 0.6) is 0 Å².